The van der Waals surface area contributed by atoms with E-state index in [4.69, 9.17) is 47.7 Å². The minimum absolute atomic E-state index is 0.00946. The van der Waals surface area contributed by atoms with Gasteiger partial charge in [-0.05, 0) is 34.1 Å². The zero-order valence-electron chi connectivity index (χ0n) is 29.1. The number of hydrogen-bond acceptors (Lipinski definition) is 10. The third-order valence-electron chi connectivity index (χ3n) is 6.82. The van der Waals surface area contributed by atoms with E-state index in [9.17, 15) is 0 Å². The van der Waals surface area contributed by atoms with Crippen molar-refractivity contribution in [2.45, 2.75) is 123 Å². The fourth-order valence-corrected chi connectivity index (χ4v) is 4.17. The predicted molar refractivity (Wildman–Crippen MR) is 175 cm³/mol. The molecule has 0 aromatic rings. The van der Waals surface area contributed by atoms with Crippen LogP contribution >= 0.6 is 0 Å². The fraction of sp³-hybridized carbons (Fsp3) is 1.00. The van der Waals surface area contributed by atoms with Gasteiger partial charge in [-0.25, -0.2) is 0 Å². The Morgan fingerprint density at radius 2 is 0.727 bits per heavy atom. The van der Waals surface area contributed by atoms with Crippen molar-refractivity contribution in [3.05, 3.63) is 0 Å². The van der Waals surface area contributed by atoms with E-state index in [1.807, 2.05) is 20.8 Å². The first-order valence-corrected chi connectivity index (χ1v) is 17.4. The zero-order valence-corrected chi connectivity index (χ0v) is 29.1. The monoisotopic (exact) mass is 638 g/mol. The van der Waals surface area contributed by atoms with Crippen LogP contribution in [0.25, 0.3) is 0 Å². The maximum Gasteiger partial charge on any atom is 0.0781 e. The van der Waals surface area contributed by atoms with E-state index in [1.54, 1.807) is 0 Å². The van der Waals surface area contributed by atoms with Crippen LogP contribution in [0.4, 0.5) is 0 Å². The third-order valence-corrected chi connectivity index (χ3v) is 6.82. The van der Waals surface area contributed by atoms with E-state index in [2.05, 4.69) is 13.8 Å². The molecular weight excluding hydrogens is 568 g/mol. The van der Waals surface area contributed by atoms with E-state index in [0.717, 1.165) is 13.0 Å². The Bertz CT molecular complexity index is 542. The first kappa shape index (κ1) is 43.6. The highest BCUT2D eigenvalue weighted by atomic mass is 16.6. The van der Waals surface area contributed by atoms with Gasteiger partial charge in [0.2, 0.25) is 0 Å². The summed E-state index contributed by atoms with van der Waals surface area (Å²) in [7, 11) is 0. The summed E-state index contributed by atoms with van der Waals surface area (Å²) in [6, 6.07) is 0. The highest BCUT2D eigenvalue weighted by Crippen LogP contribution is 2.10. The van der Waals surface area contributed by atoms with Crippen molar-refractivity contribution in [1.29, 1.82) is 0 Å². The van der Waals surface area contributed by atoms with E-state index >= 15 is 0 Å². The number of hydrogen-bond donors (Lipinski definition) is 1. The van der Waals surface area contributed by atoms with E-state index in [-0.39, 0.29) is 31.0 Å². The summed E-state index contributed by atoms with van der Waals surface area (Å²) in [6.07, 6.45) is 13.3. The first-order valence-electron chi connectivity index (χ1n) is 17.4. The summed E-state index contributed by atoms with van der Waals surface area (Å²) in [5, 5.41) is 8.61. The molecule has 0 aliphatic rings. The molecule has 0 radical (unpaired) electrons. The van der Waals surface area contributed by atoms with Crippen LogP contribution in [0.15, 0.2) is 0 Å². The number of aliphatic hydroxyl groups is 1. The lowest BCUT2D eigenvalue weighted by Gasteiger charge is -2.21. The second-order valence-electron chi connectivity index (χ2n) is 11.5. The molecule has 0 saturated heterocycles. The lowest BCUT2D eigenvalue weighted by Crippen LogP contribution is -2.28. The Morgan fingerprint density at radius 3 is 1.18 bits per heavy atom. The van der Waals surface area contributed by atoms with Gasteiger partial charge in [-0.15, -0.1) is 0 Å². The molecule has 0 rings (SSSR count). The molecule has 0 spiro atoms. The van der Waals surface area contributed by atoms with Gasteiger partial charge in [0.15, 0.2) is 0 Å². The SMILES string of the molecule is CCCCCCCCCCCCOCC(C)OCC(C)OCC(C)OCC(C)OCCOCCOCCOCCOCCO. The van der Waals surface area contributed by atoms with Gasteiger partial charge in [0.05, 0.1) is 117 Å². The number of rotatable bonds is 37. The molecule has 10 heteroatoms. The second-order valence-corrected chi connectivity index (χ2v) is 11.5. The molecule has 266 valence electrons. The normalized spacial score (nSPS) is 14.6. The number of aliphatic hydroxyl groups excluding tert-OH is 1. The van der Waals surface area contributed by atoms with Crippen LogP contribution < -0.4 is 0 Å². The van der Waals surface area contributed by atoms with Gasteiger partial charge in [-0.2, -0.15) is 0 Å². The largest absolute Gasteiger partial charge is 0.394 e. The van der Waals surface area contributed by atoms with Crippen molar-refractivity contribution < 1.29 is 47.7 Å². The molecule has 44 heavy (non-hydrogen) atoms. The average molecular weight is 639 g/mol. The maximum atomic E-state index is 8.61. The zero-order chi connectivity index (χ0) is 32.4. The van der Waals surface area contributed by atoms with Crippen molar-refractivity contribution >= 4 is 0 Å². The molecule has 0 amide bonds. The van der Waals surface area contributed by atoms with Crippen molar-refractivity contribution in [3.8, 4) is 0 Å². The summed E-state index contributed by atoms with van der Waals surface area (Å²) < 4.78 is 50.7. The molecule has 0 aliphatic heterocycles. The molecule has 0 saturated carbocycles. The Balaban J connectivity index is 3.47. The van der Waals surface area contributed by atoms with Crippen molar-refractivity contribution in [3.63, 3.8) is 0 Å². The fourth-order valence-electron chi connectivity index (χ4n) is 4.17. The minimum Gasteiger partial charge on any atom is -0.394 e. The van der Waals surface area contributed by atoms with E-state index in [0.29, 0.717) is 85.9 Å². The van der Waals surface area contributed by atoms with Gasteiger partial charge in [0, 0.05) is 6.61 Å². The summed E-state index contributed by atoms with van der Waals surface area (Å²) in [4.78, 5) is 0. The van der Waals surface area contributed by atoms with Gasteiger partial charge in [-0.1, -0.05) is 64.7 Å². The van der Waals surface area contributed by atoms with E-state index < -0.39 is 0 Å². The highest BCUT2D eigenvalue weighted by Gasteiger charge is 2.12. The molecule has 0 aliphatic carbocycles. The van der Waals surface area contributed by atoms with Gasteiger partial charge < -0.3 is 47.7 Å². The molecule has 10 nitrogen and oxygen atoms in total. The summed E-state index contributed by atoms with van der Waals surface area (Å²) in [5.74, 6) is 0. The van der Waals surface area contributed by atoms with Crippen LogP contribution in [-0.2, 0) is 42.6 Å². The number of ether oxygens (including phenoxy) is 9. The molecule has 0 aromatic carbocycles. The summed E-state index contributed by atoms with van der Waals surface area (Å²) in [6.45, 7) is 17.7. The van der Waals surface area contributed by atoms with Crippen LogP contribution in [0, 0.1) is 0 Å². The number of unbranched alkanes of at least 4 members (excludes halogenated alkanes) is 9. The molecule has 4 unspecified atom stereocenters. The van der Waals surface area contributed by atoms with Crippen LogP contribution in [-0.4, -0.2) is 129 Å². The lowest BCUT2D eigenvalue weighted by atomic mass is 10.1. The second kappa shape index (κ2) is 35.5. The topological polar surface area (TPSA) is 103 Å². The molecule has 0 heterocycles. The van der Waals surface area contributed by atoms with Crippen LogP contribution in [0.1, 0.15) is 98.8 Å². The Kier molecular flexibility index (Phi) is 35.1. The standard InChI is InChI=1S/C34H70O10/c1-6-7-8-9-10-11-12-13-14-15-17-40-27-31(2)42-29-33(4)44-30-34(5)43-28-32(3)41-26-25-39-24-23-38-22-21-37-20-19-36-18-16-35/h31-35H,6-30H2,1-5H3. The summed E-state index contributed by atoms with van der Waals surface area (Å²) in [5.41, 5.74) is 0. The molecule has 0 aromatic heterocycles. The van der Waals surface area contributed by atoms with Gasteiger partial charge in [-0.3, -0.25) is 0 Å². The Hall–Kier alpha value is -0.400. The smallest absolute Gasteiger partial charge is 0.0781 e. The maximum absolute atomic E-state index is 8.61. The quantitative estimate of drug-likeness (QED) is 0.0865. The predicted octanol–water partition coefficient (Wildman–Crippen LogP) is 5.60. The Morgan fingerprint density at radius 1 is 0.364 bits per heavy atom. The molecular formula is C34H70O10. The van der Waals surface area contributed by atoms with Gasteiger partial charge >= 0.3 is 0 Å². The van der Waals surface area contributed by atoms with Crippen molar-refractivity contribution in [2.24, 2.45) is 0 Å². The summed E-state index contributed by atoms with van der Waals surface area (Å²) >= 11 is 0. The third kappa shape index (κ3) is 34.5. The first-order chi connectivity index (χ1) is 21.5. The lowest BCUT2D eigenvalue weighted by molar-refractivity contribution is -0.0951. The van der Waals surface area contributed by atoms with Crippen LogP contribution in [0.5, 0.6) is 0 Å². The van der Waals surface area contributed by atoms with Crippen LogP contribution in [0.2, 0.25) is 0 Å². The molecule has 1 N–H and O–H groups in total. The minimum atomic E-state index is -0.0317. The van der Waals surface area contributed by atoms with Crippen LogP contribution in [0.3, 0.4) is 0 Å². The average Bonchev–Trinajstić information content (AvgIpc) is 3.02. The van der Waals surface area contributed by atoms with Gasteiger partial charge in [0.25, 0.3) is 0 Å². The van der Waals surface area contributed by atoms with Crippen molar-refractivity contribution in [1.82, 2.24) is 0 Å². The Labute approximate surface area is 270 Å². The van der Waals surface area contributed by atoms with E-state index in [1.165, 1.54) is 57.8 Å². The molecule has 4 atom stereocenters. The molecule has 0 bridgehead atoms. The molecule has 0 fully saturated rings. The van der Waals surface area contributed by atoms with Gasteiger partial charge in [0.1, 0.15) is 0 Å². The van der Waals surface area contributed by atoms with Crippen molar-refractivity contribution in [2.75, 3.05) is 99.1 Å². The highest BCUT2D eigenvalue weighted by molar-refractivity contribution is 4.57.